The number of carbonyl (C=O) groups excluding carboxylic acids is 1. The van der Waals surface area contributed by atoms with Gasteiger partial charge in [0, 0.05) is 0 Å². The Hall–Kier alpha value is -1.84. The summed E-state index contributed by atoms with van der Waals surface area (Å²) >= 11 is 0. The topological polar surface area (TPSA) is 38.3 Å². The summed E-state index contributed by atoms with van der Waals surface area (Å²) in [5.74, 6) is -0.499. The van der Waals surface area contributed by atoms with Gasteiger partial charge in [-0.1, -0.05) is 60.7 Å². The summed E-state index contributed by atoms with van der Waals surface area (Å²) in [7, 11) is 0. The van der Waals surface area contributed by atoms with E-state index in [9.17, 15) is 4.79 Å². The Morgan fingerprint density at radius 2 is 1.39 bits per heavy atom. The molecule has 4 heteroatoms. The summed E-state index contributed by atoms with van der Waals surface area (Å²) < 4.78 is 5.78. The molecule has 0 spiro atoms. The zero-order valence-corrected chi connectivity index (χ0v) is 13.8. The molecule has 1 fully saturated rings. The van der Waals surface area contributed by atoms with Crippen LogP contribution in [0.15, 0.2) is 60.7 Å². The van der Waals surface area contributed by atoms with Crippen molar-refractivity contribution in [2.24, 2.45) is 0 Å². The van der Waals surface area contributed by atoms with Gasteiger partial charge in [0.15, 0.2) is 0 Å². The van der Waals surface area contributed by atoms with Crippen LogP contribution in [0.2, 0.25) is 0 Å². The highest BCUT2D eigenvalue weighted by Crippen LogP contribution is 2.27. The zero-order valence-electron chi connectivity index (χ0n) is 13.0. The van der Waals surface area contributed by atoms with Crippen LogP contribution in [-0.4, -0.2) is 25.2 Å². The maximum Gasteiger partial charge on any atom is 0.318 e. The summed E-state index contributed by atoms with van der Waals surface area (Å²) in [4.78, 5) is 12.8. The molecule has 1 aliphatic heterocycles. The van der Waals surface area contributed by atoms with Crippen LogP contribution in [0.4, 0.5) is 0 Å². The molecule has 0 unspecified atom stereocenters. The maximum absolute atomic E-state index is 12.8. The normalized spacial score (nSPS) is 15.0. The van der Waals surface area contributed by atoms with Crippen LogP contribution in [0.3, 0.4) is 0 Å². The van der Waals surface area contributed by atoms with Gasteiger partial charge in [-0.15, -0.1) is 12.4 Å². The average molecular weight is 332 g/mol. The molecule has 0 atom stereocenters. The molecular formula is C19H22ClNO2. The van der Waals surface area contributed by atoms with Crippen molar-refractivity contribution in [3.05, 3.63) is 71.8 Å². The van der Waals surface area contributed by atoms with Gasteiger partial charge in [0.1, 0.15) is 12.0 Å². The smallest absolute Gasteiger partial charge is 0.318 e. The third-order valence-corrected chi connectivity index (χ3v) is 4.07. The van der Waals surface area contributed by atoms with Crippen LogP contribution in [0.1, 0.15) is 29.9 Å². The lowest BCUT2D eigenvalue weighted by Crippen LogP contribution is -2.35. The Labute approximate surface area is 143 Å². The van der Waals surface area contributed by atoms with Crippen molar-refractivity contribution in [2.75, 3.05) is 13.1 Å². The molecule has 3 nitrogen and oxygen atoms in total. The molecule has 3 rings (SSSR count). The van der Waals surface area contributed by atoms with E-state index in [4.69, 9.17) is 4.74 Å². The molecule has 122 valence electrons. The lowest BCUT2D eigenvalue weighted by Gasteiger charge is -2.25. The molecule has 2 aromatic rings. The summed E-state index contributed by atoms with van der Waals surface area (Å²) in [6.07, 6.45) is 1.81. The molecule has 1 aliphatic rings. The third-order valence-electron chi connectivity index (χ3n) is 4.07. The predicted octanol–water partition coefficient (Wildman–Crippen LogP) is 3.54. The standard InChI is InChI=1S/C19H21NO2.ClH/c21-19(22-17-11-13-20-14-12-17)18(15-7-3-1-4-8-15)16-9-5-2-6-10-16;/h1-10,17-18,20H,11-14H2;1H. The van der Waals surface area contributed by atoms with E-state index in [-0.39, 0.29) is 30.4 Å². The summed E-state index contributed by atoms with van der Waals surface area (Å²) in [5.41, 5.74) is 1.96. The van der Waals surface area contributed by atoms with Gasteiger partial charge in [0.2, 0.25) is 0 Å². The van der Waals surface area contributed by atoms with Gasteiger partial charge in [0.25, 0.3) is 0 Å². The van der Waals surface area contributed by atoms with Crippen LogP contribution in [0.5, 0.6) is 0 Å². The van der Waals surface area contributed by atoms with Gasteiger partial charge in [-0.2, -0.15) is 0 Å². The Balaban J connectivity index is 0.00000192. The van der Waals surface area contributed by atoms with Crippen molar-refractivity contribution in [1.29, 1.82) is 0 Å². The van der Waals surface area contributed by atoms with Gasteiger partial charge in [-0.3, -0.25) is 4.79 Å². The predicted molar refractivity (Wildman–Crippen MR) is 94.0 cm³/mol. The van der Waals surface area contributed by atoms with Crippen molar-refractivity contribution < 1.29 is 9.53 Å². The summed E-state index contributed by atoms with van der Waals surface area (Å²) in [5, 5.41) is 3.29. The van der Waals surface area contributed by atoms with E-state index < -0.39 is 0 Å². The molecule has 0 aliphatic carbocycles. The summed E-state index contributed by atoms with van der Waals surface area (Å²) in [6.45, 7) is 1.83. The first-order valence-corrected chi connectivity index (χ1v) is 7.85. The number of piperidine rings is 1. The third kappa shape index (κ3) is 4.57. The Kier molecular flexibility index (Phi) is 6.63. The fourth-order valence-electron chi connectivity index (χ4n) is 2.90. The lowest BCUT2D eigenvalue weighted by molar-refractivity contribution is -0.151. The highest BCUT2D eigenvalue weighted by Gasteiger charge is 2.27. The van der Waals surface area contributed by atoms with E-state index in [0.717, 1.165) is 37.1 Å². The van der Waals surface area contributed by atoms with Crippen molar-refractivity contribution in [1.82, 2.24) is 5.32 Å². The first kappa shape index (κ1) is 17.5. The van der Waals surface area contributed by atoms with E-state index in [1.807, 2.05) is 60.7 Å². The van der Waals surface area contributed by atoms with E-state index in [2.05, 4.69) is 5.32 Å². The second-order valence-corrected chi connectivity index (χ2v) is 5.64. The highest BCUT2D eigenvalue weighted by atomic mass is 35.5. The zero-order chi connectivity index (χ0) is 15.2. The monoisotopic (exact) mass is 331 g/mol. The van der Waals surface area contributed by atoms with Crippen LogP contribution in [0.25, 0.3) is 0 Å². The number of ether oxygens (including phenoxy) is 1. The molecule has 0 bridgehead atoms. The van der Waals surface area contributed by atoms with E-state index in [0.29, 0.717) is 0 Å². The molecular weight excluding hydrogens is 310 g/mol. The summed E-state index contributed by atoms with van der Waals surface area (Å²) in [6, 6.07) is 19.7. The molecule has 1 heterocycles. The highest BCUT2D eigenvalue weighted by molar-refractivity contribution is 5.85. The first-order chi connectivity index (χ1) is 10.8. The van der Waals surface area contributed by atoms with Gasteiger partial charge < -0.3 is 10.1 Å². The quantitative estimate of drug-likeness (QED) is 0.871. The minimum absolute atomic E-state index is 0. The van der Waals surface area contributed by atoms with Gasteiger partial charge in [-0.05, 0) is 37.1 Å². The Bertz CT molecular complexity index is 558. The Morgan fingerprint density at radius 3 is 1.87 bits per heavy atom. The van der Waals surface area contributed by atoms with Crippen LogP contribution >= 0.6 is 12.4 Å². The fourth-order valence-corrected chi connectivity index (χ4v) is 2.90. The fraction of sp³-hybridized carbons (Fsp3) is 0.316. The first-order valence-electron chi connectivity index (χ1n) is 7.85. The van der Waals surface area contributed by atoms with Gasteiger partial charge in [0.05, 0.1) is 0 Å². The molecule has 0 amide bonds. The van der Waals surface area contributed by atoms with Gasteiger partial charge >= 0.3 is 5.97 Å². The van der Waals surface area contributed by atoms with Crippen LogP contribution in [0, 0.1) is 0 Å². The lowest BCUT2D eigenvalue weighted by atomic mass is 9.91. The number of nitrogens with one attached hydrogen (secondary N) is 1. The molecule has 0 saturated carbocycles. The minimum atomic E-state index is -0.350. The SMILES string of the molecule is Cl.O=C(OC1CCNCC1)C(c1ccccc1)c1ccccc1. The number of hydrogen-bond donors (Lipinski definition) is 1. The largest absolute Gasteiger partial charge is 0.462 e. The molecule has 0 aromatic heterocycles. The average Bonchev–Trinajstić information content (AvgIpc) is 2.58. The van der Waals surface area contributed by atoms with E-state index >= 15 is 0 Å². The van der Waals surface area contributed by atoms with Crippen molar-refractivity contribution in [3.8, 4) is 0 Å². The number of hydrogen-bond acceptors (Lipinski definition) is 3. The second kappa shape index (κ2) is 8.70. The number of carbonyl (C=O) groups is 1. The maximum atomic E-state index is 12.8. The molecule has 0 radical (unpaired) electrons. The van der Waals surface area contributed by atoms with Crippen molar-refractivity contribution >= 4 is 18.4 Å². The van der Waals surface area contributed by atoms with E-state index in [1.165, 1.54) is 0 Å². The second-order valence-electron chi connectivity index (χ2n) is 5.64. The van der Waals surface area contributed by atoms with Crippen LogP contribution in [-0.2, 0) is 9.53 Å². The minimum Gasteiger partial charge on any atom is -0.462 e. The number of benzene rings is 2. The van der Waals surface area contributed by atoms with Crippen LogP contribution < -0.4 is 5.32 Å². The number of rotatable bonds is 4. The van der Waals surface area contributed by atoms with Crippen molar-refractivity contribution in [3.63, 3.8) is 0 Å². The molecule has 1 N–H and O–H groups in total. The van der Waals surface area contributed by atoms with E-state index in [1.54, 1.807) is 0 Å². The number of halogens is 1. The van der Waals surface area contributed by atoms with Crippen molar-refractivity contribution in [2.45, 2.75) is 24.9 Å². The molecule has 23 heavy (non-hydrogen) atoms. The van der Waals surface area contributed by atoms with Gasteiger partial charge in [-0.25, -0.2) is 0 Å². The molecule has 1 saturated heterocycles. The Morgan fingerprint density at radius 1 is 0.913 bits per heavy atom. The molecule has 2 aromatic carbocycles. The number of esters is 1.